The number of hydrogen-bond donors (Lipinski definition) is 4. The van der Waals surface area contributed by atoms with Crippen molar-refractivity contribution in [2.75, 3.05) is 19.8 Å². The van der Waals surface area contributed by atoms with Gasteiger partial charge in [0, 0.05) is 0 Å². The van der Waals surface area contributed by atoms with Crippen molar-refractivity contribution in [2.45, 2.75) is 71.3 Å². The van der Waals surface area contributed by atoms with Gasteiger partial charge >= 0.3 is 191 Å². The van der Waals surface area contributed by atoms with Crippen LogP contribution in [0.4, 0.5) is 0 Å². The molecular weight excluding hydrogens is 482 g/mol. The standard InChI is InChI=1S/C18H34N2O11P2/c1-4-6-8-27-32(23,24)29-12-15-14(31-33(25,26)28-9-7-5-2)10-16(30-15)20-11-13(3)17(21)19-18(20)22/h11,14-16,23-24,32H,4-10,12H2,1-3H3,(H,25,26)(H,19,21,22)/t14-,15+,16?/m0/s1. The molecule has 2 unspecified atom stereocenters. The third-order valence-corrected chi connectivity index (χ3v) is 7.05. The molecule has 2 heterocycles. The third kappa shape index (κ3) is 8.95. The summed E-state index contributed by atoms with van der Waals surface area (Å²) in [6.07, 6.45) is 0.784. The Morgan fingerprint density at radius 1 is 1.21 bits per heavy atom. The quantitative estimate of drug-likeness (QED) is 0.209. The Labute approximate surface area is 191 Å². The second-order valence-electron chi connectivity index (χ2n) is 7.70. The first-order valence-corrected chi connectivity index (χ1v) is 14.0. The Kier molecular flexibility index (Phi) is 10.8. The minimum absolute atomic E-state index is 0.00952. The fourth-order valence-electron chi connectivity index (χ4n) is 3.04. The Morgan fingerprint density at radius 3 is 2.55 bits per heavy atom. The molecule has 1 aromatic rings. The van der Waals surface area contributed by atoms with Crippen molar-refractivity contribution in [3.8, 4) is 0 Å². The number of aryl methyl sites for hydroxylation is 1. The van der Waals surface area contributed by atoms with E-state index in [0.29, 0.717) is 12.8 Å². The summed E-state index contributed by atoms with van der Waals surface area (Å²) in [5.74, 6) is 0. The fraction of sp³-hybridized carbons (Fsp3) is 0.778. The van der Waals surface area contributed by atoms with Crippen molar-refractivity contribution in [3.63, 3.8) is 0 Å². The van der Waals surface area contributed by atoms with Crippen LogP contribution in [0.15, 0.2) is 15.8 Å². The molecule has 1 saturated heterocycles. The minimum atomic E-state index is -4.47. The van der Waals surface area contributed by atoms with Crippen LogP contribution in [0.5, 0.6) is 0 Å². The second kappa shape index (κ2) is 12.6. The van der Waals surface area contributed by atoms with Gasteiger partial charge < -0.3 is 0 Å². The van der Waals surface area contributed by atoms with Gasteiger partial charge in [0.25, 0.3) is 0 Å². The van der Waals surface area contributed by atoms with Crippen LogP contribution in [0.3, 0.4) is 0 Å². The van der Waals surface area contributed by atoms with Crippen LogP contribution in [0.25, 0.3) is 0 Å². The maximum absolute atomic E-state index is 12.4. The molecule has 1 aliphatic rings. The van der Waals surface area contributed by atoms with Crippen LogP contribution in [0.1, 0.15) is 57.7 Å². The van der Waals surface area contributed by atoms with E-state index in [4.69, 9.17) is 22.8 Å². The number of aromatic amines is 1. The molecule has 0 saturated carbocycles. The zero-order valence-corrected chi connectivity index (χ0v) is 20.9. The zero-order chi connectivity index (χ0) is 24.6. The number of aromatic nitrogens is 2. The van der Waals surface area contributed by atoms with E-state index in [1.54, 1.807) is 0 Å². The van der Waals surface area contributed by atoms with E-state index in [1.807, 2.05) is 13.8 Å². The number of phosphoric acid groups is 1. The topological polar surface area (TPSA) is 179 Å². The van der Waals surface area contributed by atoms with Gasteiger partial charge in [-0.2, -0.15) is 0 Å². The molecule has 0 aliphatic carbocycles. The van der Waals surface area contributed by atoms with Gasteiger partial charge in [-0.15, -0.1) is 0 Å². The first-order valence-electron chi connectivity index (χ1n) is 10.8. The van der Waals surface area contributed by atoms with Crippen LogP contribution in [-0.4, -0.2) is 56.3 Å². The number of nitrogens with one attached hydrogen (secondary N) is 1. The molecule has 13 nitrogen and oxygen atoms in total. The first kappa shape index (κ1) is 28.3. The summed E-state index contributed by atoms with van der Waals surface area (Å²) in [6.45, 7) is 4.96. The molecule has 0 radical (unpaired) electrons. The Bertz CT molecular complexity index is 919. The molecule has 15 heteroatoms. The number of nitrogens with zero attached hydrogens (tertiary/aromatic N) is 1. The van der Waals surface area contributed by atoms with Gasteiger partial charge in [-0.3, -0.25) is 0 Å². The number of hydrogen-bond acceptors (Lipinski definition) is 10. The van der Waals surface area contributed by atoms with E-state index < -0.39 is 52.3 Å². The van der Waals surface area contributed by atoms with Gasteiger partial charge in [-0.25, -0.2) is 0 Å². The van der Waals surface area contributed by atoms with Crippen LogP contribution >= 0.6 is 16.0 Å². The second-order valence-corrected chi connectivity index (χ2v) is 10.8. The summed E-state index contributed by atoms with van der Waals surface area (Å²) >= 11 is 0. The van der Waals surface area contributed by atoms with Crippen molar-refractivity contribution in [1.29, 1.82) is 0 Å². The van der Waals surface area contributed by atoms with E-state index in [-0.39, 0.29) is 25.2 Å². The molecule has 0 aromatic carbocycles. The van der Waals surface area contributed by atoms with Crippen LogP contribution < -0.4 is 11.2 Å². The van der Waals surface area contributed by atoms with Crippen molar-refractivity contribution >= 4 is 16.0 Å². The SMILES string of the molecule is CCCCOP(=O)(O)O[C@H]1CC(n2cc(C)c(=O)[nH]c2=O)O[C@@H]1CO[PH](O)(O)OCCCC. The predicted molar refractivity (Wildman–Crippen MR) is 120 cm³/mol. The number of H-pyrrole nitrogens is 1. The van der Waals surface area contributed by atoms with E-state index in [9.17, 15) is 28.8 Å². The Morgan fingerprint density at radius 2 is 1.88 bits per heavy atom. The van der Waals surface area contributed by atoms with Crippen LogP contribution in [0, 0.1) is 6.92 Å². The molecule has 1 aliphatic heterocycles. The summed E-state index contributed by atoms with van der Waals surface area (Å²) in [5.41, 5.74) is -1.03. The Hall–Kier alpha value is -0.980. The molecule has 2 rings (SSSR count). The van der Waals surface area contributed by atoms with Gasteiger partial charge in [0.05, 0.1) is 0 Å². The summed E-state index contributed by atoms with van der Waals surface area (Å²) in [4.78, 5) is 56.1. The van der Waals surface area contributed by atoms with Crippen molar-refractivity contribution < 1.29 is 42.1 Å². The summed E-state index contributed by atoms with van der Waals surface area (Å²) in [6, 6.07) is 0. The zero-order valence-electron chi connectivity index (χ0n) is 19.0. The van der Waals surface area contributed by atoms with Gasteiger partial charge in [-0.1, -0.05) is 0 Å². The van der Waals surface area contributed by atoms with Gasteiger partial charge in [0.1, 0.15) is 0 Å². The Balaban J connectivity index is 2.16. The molecule has 33 heavy (non-hydrogen) atoms. The van der Waals surface area contributed by atoms with Gasteiger partial charge in [-0.05, 0) is 0 Å². The summed E-state index contributed by atoms with van der Waals surface area (Å²) < 4.78 is 39.6. The molecule has 0 spiro atoms. The van der Waals surface area contributed by atoms with E-state index in [0.717, 1.165) is 17.4 Å². The number of phosphoric ester groups is 1. The summed E-state index contributed by atoms with van der Waals surface area (Å²) in [5, 5.41) is 0. The number of ether oxygens (including phenoxy) is 1. The van der Waals surface area contributed by atoms with E-state index in [1.165, 1.54) is 13.1 Å². The average molecular weight is 516 g/mol. The number of rotatable bonds is 14. The van der Waals surface area contributed by atoms with E-state index in [2.05, 4.69) is 4.98 Å². The molecule has 0 bridgehead atoms. The van der Waals surface area contributed by atoms with Gasteiger partial charge in [0.2, 0.25) is 0 Å². The monoisotopic (exact) mass is 516 g/mol. The summed E-state index contributed by atoms with van der Waals surface area (Å²) in [7, 11) is -8.93. The molecule has 4 atom stereocenters. The average Bonchev–Trinajstić information content (AvgIpc) is 3.11. The fourth-order valence-corrected chi connectivity index (χ4v) is 4.90. The van der Waals surface area contributed by atoms with Crippen LogP contribution in [-0.2, 0) is 27.4 Å². The normalized spacial score (nSPS) is 23.5. The molecule has 4 N–H and O–H groups in total. The van der Waals surface area contributed by atoms with Crippen LogP contribution in [0.2, 0.25) is 0 Å². The third-order valence-electron chi connectivity index (χ3n) is 4.88. The molecule has 1 fully saturated rings. The van der Waals surface area contributed by atoms with Crippen molar-refractivity contribution in [3.05, 3.63) is 32.6 Å². The predicted octanol–water partition coefficient (Wildman–Crippen LogP) is 1.66. The van der Waals surface area contributed by atoms with Gasteiger partial charge in [0.15, 0.2) is 0 Å². The van der Waals surface area contributed by atoms with Crippen molar-refractivity contribution in [2.24, 2.45) is 0 Å². The first-order chi connectivity index (χ1) is 15.5. The molecule has 192 valence electrons. The molecule has 1 aromatic heterocycles. The molecular formula is C18H34N2O11P2. The number of unbranched alkanes of at least 4 members (excludes halogenated alkanes) is 2. The van der Waals surface area contributed by atoms with Crippen molar-refractivity contribution in [1.82, 2.24) is 9.55 Å². The maximum atomic E-state index is 12.4. The molecule has 0 amide bonds. The van der Waals surface area contributed by atoms with E-state index >= 15 is 0 Å².